The van der Waals surface area contributed by atoms with Gasteiger partial charge in [0.2, 0.25) is 10.0 Å². The maximum atomic E-state index is 12.1. The Bertz CT molecular complexity index is 510. The minimum atomic E-state index is -3.33. The lowest BCUT2D eigenvalue weighted by molar-refractivity contribution is 0.415. The summed E-state index contributed by atoms with van der Waals surface area (Å²) >= 11 is 0. The molecule has 0 saturated carbocycles. The van der Waals surface area contributed by atoms with Crippen LogP contribution in [0.15, 0.2) is 24.3 Å². The molecule has 6 heteroatoms. The second-order valence-electron chi connectivity index (χ2n) is 4.76. The van der Waals surface area contributed by atoms with Gasteiger partial charge in [0.05, 0.1) is 18.6 Å². The fourth-order valence-corrected chi connectivity index (χ4v) is 3.62. The van der Waals surface area contributed by atoms with E-state index in [1.807, 2.05) is 0 Å². The molecule has 5 nitrogen and oxygen atoms in total. The number of piperidine rings is 1. The second kappa shape index (κ2) is 6.25. The monoisotopic (exact) mass is 284 g/mol. The number of methoxy groups -OCH3 is 1. The van der Waals surface area contributed by atoms with Gasteiger partial charge in [0.1, 0.15) is 5.75 Å². The number of benzene rings is 1. The van der Waals surface area contributed by atoms with Gasteiger partial charge in [0, 0.05) is 12.1 Å². The summed E-state index contributed by atoms with van der Waals surface area (Å²) in [7, 11) is -1.77. The first-order chi connectivity index (χ1) is 9.09. The molecule has 106 valence electrons. The van der Waals surface area contributed by atoms with Crippen molar-refractivity contribution in [3.05, 3.63) is 24.3 Å². The number of hydrogen-bond acceptors (Lipinski definition) is 4. The van der Waals surface area contributed by atoms with Crippen molar-refractivity contribution >= 4 is 15.7 Å². The van der Waals surface area contributed by atoms with Gasteiger partial charge >= 0.3 is 0 Å². The Morgan fingerprint density at radius 2 is 2.26 bits per heavy atom. The Morgan fingerprint density at radius 1 is 1.42 bits per heavy atom. The Hall–Kier alpha value is -1.27. The molecule has 0 aromatic heterocycles. The van der Waals surface area contributed by atoms with Crippen LogP contribution in [0.2, 0.25) is 0 Å². The summed E-state index contributed by atoms with van der Waals surface area (Å²) in [5, 5.41) is 3.24. The minimum Gasteiger partial charge on any atom is -0.497 e. The molecule has 19 heavy (non-hydrogen) atoms. The Labute approximate surface area is 114 Å². The third-order valence-electron chi connectivity index (χ3n) is 3.18. The number of rotatable bonds is 5. The molecule has 2 rings (SSSR count). The van der Waals surface area contributed by atoms with E-state index in [1.54, 1.807) is 31.4 Å². The third-order valence-corrected chi connectivity index (χ3v) is 4.56. The highest BCUT2D eigenvalue weighted by molar-refractivity contribution is 7.92. The van der Waals surface area contributed by atoms with E-state index in [1.165, 1.54) is 0 Å². The first-order valence-corrected chi connectivity index (χ1v) is 8.12. The molecule has 0 spiro atoms. The molecule has 1 heterocycles. The first kappa shape index (κ1) is 14.1. The number of hydrogen-bond donors (Lipinski definition) is 2. The summed E-state index contributed by atoms with van der Waals surface area (Å²) in [6.07, 6.45) is 3.13. The van der Waals surface area contributed by atoms with Crippen LogP contribution in [0, 0.1) is 0 Å². The molecular weight excluding hydrogens is 264 g/mol. The third kappa shape index (κ3) is 4.40. The standard InChI is InChI=1S/C13H20N2O3S/c1-18-13-7-4-6-11(9-13)15-19(16,17)10-12-5-2-3-8-14-12/h4,6-7,9,12,14-15H,2-3,5,8,10H2,1H3. The highest BCUT2D eigenvalue weighted by atomic mass is 32.2. The van der Waals surface area contributed by atoms with E-state index in [4.69, 9.17) is 4.74 Å². The van der Waals surface area contributed by atoms with Crippen LogP contribution in [0.5, 0.6) is 5.75 Å². The average molecular weight is 284 g/mol. The Kier molecular flexibility index (Phi) is 4.66. The van der Waals surface area contributed by atoms with Gasteiger partial charge in [-0.3, -0.25) is 4.72 Å². The SMILES string of the molecule is COc1cccc(NS(=O)(=O)CC2CCCCN2)c1. The van der Waals surface area contributed by atoms with Crippen molar-refractivity contribution in [2.24, 2.45) is 0 Å². The lowest BCUT2D eigenvalue weighted by Gasteiger charge is -2.23. The van der Waals surface area contributed by atoms with Gasteiger partial charge in [0.15, 0.2) is 0 Å². The van der Waals surface area contributed by atoms with Gasteiger partial charge in [0.25, 0.3) is 0 Å². The Morgan fingerprint density at radius 3 is 2.95 bits per heavy atom. The number of sulfonamides is 1. The van der Waals surface area contributed by atoms with Crippen LogP contribution in [0.4, 0.5) is 5.69 Å². The molecule has 1 atom stereocenters. The van der Waals surface area contributed by atoms with Gasteiger partial charge in [-0.1, -0.05) is 12.5 Å². The second-order valence-corrected chi connectivity index (χ2v) is 6.53. The molecule has 1 unspecified atom stereocenters. The molecule has 1 saturated heterocycles. The van der Waals surface area contributed by atoms with Crippen LogP contribution in [0.1, 0.15) is 19.3 Å². The van der Waals surface area contributed by atoms with E-state index < -0.39 is 10.0 Å². The fourth-order valence-electron chi connectivity index (χ4n) is 2.24. The zero-order valence-corrected chi connectivity index (χ0v) is 11.9. The molecular formula is C13H20N2O3S. The zero-order chi connectivity index (χ0) is 13.7. The Balaban J connectivity index is 1.99. The van der Waals surface area contributed by atoms with Crippen LogP contribution in [-0.4, -0.2) is 33.9 Å². The molecule has 2 N–H and O–H groups in total. The van der Waals surface area contributed by atoms with Crippen LogP contribution in [0.3, 0.4) is 0 Å². The largest absolute Gasteiger partial charge is 0.497 e. The van der Waals surface area contributed by atoms with E-state index in [0.29, 0.717) is 11.4 Å². The summed E-state index contributed by atoms with van der Waals surface area (Å²) in [5.74, 6) is 0.750. The van der Waals surface area contributed by atoms with E-state index >= 15 is 0 Å². The average Bonchev–Trinajstić information content (AvgIpc) is 2.39. The molecule has 0 radical (unpaired) electrons. The lowest BCUT2D eigenvalue weighted by Crippen LogP contribution is -2.40. The van der Waals surface area contributed by atoms with Crippen LogP contribution < -0.4 is 14.8 Å². The summed E-state index contributed by atoms with van der Waals surface area (Å²) < 4.78 is 31.8. The van der Waals surface area contributed by atoms with Crippen molar-refractivity contribution in [1.82, 2.24) is 5.32 Å². The van der Waals surface area contributed by atoms with Crippen molar-refractivity contribution < 1.29 is 13.2 Å². The van der Waals surface area contributed by atoms with Crippen LogP contribution in [0.25, 0.3) is 0 Å². The van der Waals surface area contributed by atoms with E-state index in [9.17, 15) is 8.42 Å². The van der Waals surface area contributed by atoms with Crippen LogP contribution >= 0.6 is 0 Å². The van der Waals surface area contributed by atoms with Crippen molar-refractivity contribution in [2.75, 3.05) is 24.1 Å². The topological polar surface area (TPSA) is 67.4 Å². The van der Waals surface area contributed by atoms with Crippen molar-refractivity contribution in [3.8, 4) is 5.75 Å². The predicted octanol–water partition coefficient (Wildman–Crippen LogP) is 1.58. The minimum absolute atomic E-state index is 0.0526. The number of nitrogens with one attached hydrogen (secondary N) is 2. The zero-order valence-electron chi connectivity index (χ0n) is 11.1. The van der Waals surface area contributed by atoms with Crippen LogP contribution in [-0.2, 0) is 10.0 Å². The molecule has 0 amide bonds. The van der Waals surface area contributed by atoms with Gasteiger partial charge in [-0.25, -0.2) is 8.42 Å². The van der Waals surface area contributed by atoms with Crippen molar-refractivity contribution in [1.29, 1.82) is 0 Å². The quantitative estimate of drug-likeness (QED) is 0.861. The molecule has 1 aromatic rings. The van der Waals surface area contributed by atoms with E-state index in [2.05, 4.69) is 10.0 Å². The first-order valence-electron chi connectivity index (χ1n) is 6.47. The normalized spacial score (nSPS) is 19.9. The molecule has 1 aliphatic heterocycles. The van der Waals surface area contributed by atoms with E-state index in [-0.39, 0.29) is 11.8 Å². The number of anilines is 1. The molecule has 0 aliphatic carbocycles. The van der Waals surface area contributed by atoms with Crippen molar-refractivity contribution in [3.63, 3.8) is 0 Å². The van der Waals surface area contributed by atoms with Crippen molar-refractivity contribution in [2.45, 2.75) is 25.3 Å². The lowest BCUT2D eigenvalue weighted by atomic mass is 10.1. The molecule has 1 aromatic carbocycles. The van der Waals surface area contributed by atoms with E-state index in [0.717, 1.165) is 25.8 Å². The predicted molar refractivity (Wildman–Crippen MR) is 76.0 cm³/mol. The maximum Gasteiger partial charge on any atom is 0.234 e. The van der Waals surface area contributed by atoms with Gasteiger partial charge in [-0.15, -0.1) is 0 Å². The highest BCUT2D eigenvalue weighted by Crippen LogP contribution is 2.18. The van der Waals surface area contributed by atoms with Gasteiger partial charge in [-0.05, 0) is 31.5 Å². The smallest absolute Gasteiger partial charge is 0.234 e. The molecule has 0 bridgehead atoms. The molecule has 1 aliphatic rings. The summed E-state index contributed by atoms with van der Waals surface area (Å²) in [5.41, 5.74) is 0.537. The fraction of sp³-hybridized carbons (Fsp3) is 0.538. The van der Waals surface area contributed by atoms with Gasteiger partial charge in [-0.2, -0.15) is 0 Å². The molecule has 1 fully saturated rings. The summed E-state index contributed by atoms with van der Waals surface area (Å²) in [6.45, 7) is 0.902. The van der Waals surface area contributed by atoms with Gasteiger partial charge < -0.3 is 10.1 Å². The summed E-state index contributed by atoms with van der Waals surface area (Å²) in [4.78, 5) is 0. The highest BCUT2D eigenvalue weighted by Gasteiger charge is 2.20. The maximum absolute atomic E-state index is 12.1. The summed E-state index contributed by atoms with van der Waals surface area (Å²) in [6, 6.07) is 6.98. The number of ether oxygens (including phenoxy) is 1.